The Hall–Kier alpha value is -1.70. The molecule has 0 aromatic carbocycles. The Kier molecular flexibility index (Phi) is 17.9. The average molecular weight is 697 g/mol. The van der Waals surface area contributed by atoms with Crippen molar-refractivity contribution in [3.05, 3.63) is 59.2 Å². The summed E-state index contributed by atoms with van der Waals surface area (Å²) in [5.74, 6) is 7.67. The predicted octanol–water partition coefficient (Wildman–Crippen LogP) is 15.0. The molecule has 0 N–H and O–H groups in total. The second kappa shape index (κ2) is 22.5. The molecule has 0 unspecified atom stereocenters. The van der Waals surface area contributed by atoms with Crippen molar-refractivity contribution in [2.45, 2.75) is 213 Å². The molecule has 286 valence electrons. The fraction of sp³-hybridized carbons (Fsp3) is 0.796. The van der Waals surface area contributed by atoms with Crippen LogP contribution in [0, 0.1) is 35.5 Å². The number of aromatic nitrogens is 2. The van der Waals surface area contributed by atoms with E-state index in [1.165, 1.54) is 196 Å². The third-order valence-electron chi connectivity index (χ3n) is 14.5. The van der Waals surface area contributed by atoms with Crippen LogP contribution in [-0.2, 0) is 12.8 Å². The molecular formula is C49H80N2. The van der Waals surface area contributed by atoms with E-state index in [0.29, 0.717) is 0 Å². The molecule has 0 radical (unpaired) electrons. The molecule has 4 fully saturated rings. The molecule has 2 heteroatoms. The van der Waals surface area contributed by atoms with Crippen molar-refractivity contribution in [2.75, 3.05) is 0 Å². The molecule has 0 atom stereocenters. The molecule has 2 aromatic heterocycles. The van der Waals surface area contributed by atoms with Gasteiger partial charge < -0.3 is 0 Å². The summed E-state index contributed by atoms with van der Waals surface area (Å²) in [7, 11) is 0. The molecule has 51 heavy (non-hydrogen) atoms. The van der Waals surface area contributed by atoms with Crippen LogP contribution in [0.1, 0.15) is 223 Å². The molecule has 6 rings (SSSR count). The van der Waals surface area contributed by atoms with Crippen molar-refractivity contribution in [1.82, 2.24) is 9.97 Å². The van der Waals surface area contributed by atoms with Gasteiger partial charge in [-0.3, -0.25) is 9.97 Å². The molecule has 2 nitrogen and oxygen atoms in total. The Balaban J connectivity index is 0.000000198. The van der Waals surface area contributed by atoms with Gasteiger partial charge in [0.05, 0.1) is 0 Å². The summed E-state index contributed by atoms with van der Waals surface area (Å²) in [6, 6.07) is 9.32. The van der Waals surface area contributed by atoms with E-state index >= 15 is 0 Å². The molecular weight excluding hydrogens is 617 g/mol. The number of aryl methyl sites for hydroxylation is 2. The molecule has 0 aliphatic heterocycles. The van der Waals surface area contributed by atoms with E-state index in [9.17, 15) is 0 Å². The van der Waals surface area contributed by atoms with Crippen LogP contribution in [0.25, 0.3) is 0 Å². The van der Waals surface area contributed by atoms with Crippen LogP contribution >= 0.6 is 0 Å². The number of unbranched alkanes of at least 4 members (excludes halogenated alkanes) is 3. The van der Waals surface area contributed by atoms with Gasteiger partial charge in [-0.05, 0) is 162 Å². The van der Waals surface area contributed by atoms with Crippen LogP contribution in [0.2, 0.25) is 0 Å². The predicted molar refractivity (Wildman–Crippen MR) is 220 cm³/mol. The van der Waals surface area contributed by atoms with Gasteiger partial charge in [0.25, 0.3) is 0 Å². The third kappa shape index (κ3) is 13.0. The molecule has 2 heterocycles. The van der Waals surface area contributed by atoms with Crippen LogP contribution in [0.5, 0.6) is 0 Å². The molecule has 0 saturated heterocycles. The summed E-state index contributed by atoms with van der Waals surface area (Å²) in [5.41, 5.74) is 5.57. The first-order chi connectivity index (χ1) is 25.1. The van der Waals surface area contributed by atoms with Crippen molar-refractivity contribution in [3.63, 3.8) is 0 Å². The van der Waals surface area contributed by atoms with E-state index in [2.05, 4.69) is 64.4 Å². The van der Waals surface area contributed by atoms with Gasteiger partial charge in [-0.1, -0.05) is 110 Å². The lowest BCUT2D eigenvalue weighted by atomic mass is 9.68. The Bertz CT molecular complexity index is 1150. The Morgan fingerprint density at radius 3 is 1.12 bits per heavy atom. The molecule has 0 bridgehead atoms. The lowest BCUT2D eigenvalue weighted by Crippen LogP contribution is -2.25. The van der Waals surface area contributed by atoms with Crippen LogP contribution in [-0.4, -0.2) is 9.97 Å². The van der Waals surface area contributed by atoms with Crippen molar-refractivity contribution in [1.29, 1.82) is 0 Å². The fourth-order valence-electron chi connectivity index (χ4n) is 11.0. The maximum absolute atomic E-state index is 4.83. The number of pyridine rings is 2. The second-order valence-electron chi connectivity index (χ2n) is 18.1. The summed E-state index contributed by atoms with van der Waals surface area (Å²) in [6.45, 7) is 9.20. The molecule has 4 aliphatic carbocycles. The summed E-state index contributed by atoms with van der Waals surface area (Å²) < 4.78 is 0. The second-order valence-corrected chi connectivity index (χ2v) is 18.1. The van der Waals surface area contributed by atoms with Gasteiger partial charge in [0.1, 0.15) is 0 Å². The fourth-order valence-corrected chi connectivity index (χ4v) is 11.0. The quantitative estimate of drug-likeness (QED) is 0.185. The Morgan fingerprint density at radius 1 is 0.412 bits per heavy atom. The minimum absolute atomic E-state index is 0.729. The topological polar surface area (TPSA) is 25.8 Å². The van der Waals surface area contributed by atoms with Gasteiger partial charge in [-0.25, -0.2) is 0 Å². The highest BCUT2D eigenvalue weighted by Gasteiger charge is 2.33. The number of hydrogen-bond donors (Lipinski definition) is 0. The van der Waals surface area contributed by atoms with Crippen molar-refractivity contribution < 1.29 is 0 Å². The van der Waals surface area contributed by atoms with E-state index in [0.717, 1.165) is 47.3 Å². The van der Waals surface area contributed by atoms with Gasteiger partial charge in [0.2, 0.25) is 0 Å². The zero-order chi connectivity index (χ0) is 35.7. The highest BCUT2D eigenvalue weighted by molar-refractivity contribution is 5.18. The van der Waals surface area contributed by atoms with Crippen LogP contribution < -0.4 is 0 Å². The van der Waals surface area contributed by atoms with E-state index < -0.39 is 0 Å². The van der Waals surface area contributed by atoms with Gasteiger partial charge in [0, 0.05) is 35.6 Å². The first-order valence-corrected chi connectivity index (χ1v) is 23.0. The average Bonchev–Trinajstić information content (AvgIpc) is 3.20. The van der Waals surface area contributed by atoms with Crippen LogP contribution in [0.4, 0.5) is 0 Å². The molecule has 0 spiro atoms. The van der Waals surface area contributed by atoms with Crippen molar-refractivity contribution in [3.8, 4) is 0 Å². The minimum atomic E-state index is 0.729. The van der Waals surface area contributed by atoms with E-state index in [-0.39, 0.29) is 0 Å². The molecule has 0 amide bonds. The van der Waals surface area contributed by atoms with Crippen LogP contribution in [0.3, 0.4) is 0 Å². The Labute approximate surface area is 316 Å². The minimum Gasteiger partial charge on any atom is -0.261 e. The molecule has 4 saturated carbocycles. The van der Waals surface area contributed by atoms with Crippen molar-refractivity contribution >= 4 is 0 Å². The summed E-state index contributed by atoms with van der Waals surface area (Å²) >= 11 is 0. The summed E-state index contributed by atoms with van der Waals surface area (Å²) in [5, 5.41) is 0. The molecule has 2 aromatic rings. The number of nitrogens with zero attached hydrogens (tertiary/aromatic N) is 2. The molecule has 4 aliphatic rings. The largest absolute Gasteiger partial charge is 0.261 e. The van der Waals surface area contributed by atoms with Crippen molar-refractivity contribution in [2.24, 2.45) is 35.5 Å². The van der Waals surface area contributed by atoms with Gasteiger partial charge >= 0.3 is 0 Å². The monoisotopic (exact) mass is 697 g/mol. The van der Waals surface area contributed by atoms with E-state index in [1.807, 2.05) is 0 Å². The highest BCUT2D eigenvalue weighted by Crippen LogP contribution is 2.45. The highest BCUT2D eigenvalue weighted by atomic mass is 14.7. The lowest BCUT2D eigenvalue weighted by molar-refractivity contribution is 0.155. The van der Waals surface area contributed by atoms with E-state index in [4.69, 9.17) is 9.97 Å². The zero-order valence-electron chi connectivity index (χ0n) is 34.1. The zero-order valence-corrected chi connectivity index (χ0v) is 34.1. The SMILES string of the molecule is CCCCc1ccc([C@H]2CC[C@H]([C@H]3CC[C@H](CCC)CC3)CC2)nc1.CCCCc1ccc([C@H]2CC[C@H]([C@H]3CC[C@H](CCCC)CC3)CC2)nc1. The number of hydrogen-bond acceptors (Lipinski definition) is 2. The summed E-state index contributed by atoms with van der Waals surface area (Å²) in [6.07, 6.45) is 42.4. The maximum Gasteiger partial charge on any atom is 0.0434 e. The summed E-state index contributed by atoms with van der Waals surface area (Å²) in [4.78, 5) is 9.65. The van der Waals surface area contributed by atoms with E-state index in [1.54, 1.807) is 0 Å². The first kappa shape index (κ1) is 40.5. The van der Waals surface area contributed by atoms with Gasteiger partial charge in [0.15, 0.2) is 0 Å². The Morgan fingerprint density at radius 2 is 0.784 bits per heavy atom. The normalized spacial score (nSPS) is 30.0. The van der Waals surface area contributed by atoms with Gasteiger partial charge in [-0.15, -0.1) is 0 Å². The third-order valence-corrected chi connectivity index (χ3v) is 14.5. The smallest absolute Gasteiger partial charge is 0.0434 e. The standard InChI is InChI=1S/C25H41N.C24H39N/c1-3-5-7-20-9-12-22(13-10-20)23-14-16-24(17-15-23)25-18-11-21(19-26-25)8-6-4-2;1-3-5-7-20-10-17-24(25-18-20)23-15-13-22(14-16-23)21-11-8-19(6-4-2)9-12-21/h11,18-20,22-24H,3-10,12-17H2,1-2H3;10,17-19,21-23H,3-9,11-16H2,1-2H3/t20-,22-,23-,24-;19-,21-,22-,23-. The van der Waals surface area contributed by atoms with Gasteiger partial charge in [-0.2, -0.15) is 0 Å². The maximum atomic E-state index is 4.83. The lowest BCUT2D eigenvalue weighted by Gasteiger charge is -2.37. The van der Waals surface area contributed by atoms with Crippen LogP contribution in [0.15, 0.2) is 36.7 Å². The number of rotatable bonds is 15. The first-order valence-electron chi connectivity index (χ1n) is 23.0.